The third kappa shape index (κ3) is 6.45. The lowest BCUT2D eigenvalue weighted by Gasteiger charge is -2.10. The number of hydrogen-bond acceptors (Lipinski definition) is 4. The highest BCUT2D eigenvalue weighted by Crippen LogP contribution is 2.16. The molecular weight excluding hydrogens is 246 g/mol. The summed E-state index contributed by atoms with van der Waals surface area (Å²) in [6.45, 7) is 4.76. The van der Waals surface area contributed by atoms with Crippen molar-refractivity contribution in [2.75, 3.05) is 11.9 Å². The molecule has 0 aromatic heterocycles. The number of hydrogen-bond donors (Lipinski definition) is 1. The minimum atomic E-state index is -1.23. The van der Waals surface area contributed by atoms with E-state index in [1.54, 1.807) is 24.3 Å². The maximum atomic E-state index is 11.4. The minimum absolute atomic E-state index is 0.0894. The number of aliphatic carboxylic acids is 1. The lowest BCUT2D eigenvalue weighted by molar-refractivity contribution is -0.305. The standard InChI is InChI=1S/C14H19NO4/c1-10(2)9-19-12-5-3-11(4-6-12)15-13(16)7-8-14(17)18/h3-6,10H,7-9H2,1-2H3,(H,15,16)(H,17,18)/p-1. The van der Waals surface area contributed by atoms with Gasteiger partial charge < -0.3 is 20.0 Å². The first-order chi connectivity index (χ1) is 8.97. The third-order valence-corrected chi connectivity index (χ3v) is 2.28. The number of carbonyl (C=O) groups is 2. The van der Waals surface area contributed by atoms with Crippen LogP contribution in [0.15, 0.2) is 24.3 Å². The maximum Gasteiger partial charge on any atom is 0.224 e. The van der Waals surface area contributed by atoms with Crippen molar-refractivity contribution in [1.29, 1.82) is 0 Å². The van der Waals surface area contributed by atoms with Crippen LogP contribution in [0, 0.1) is 5.92 Å². The average Bonchev–Trinajstić information content (AvgIpc) is 2.35. The molecule has 5 heteroatoms. The summed E-state index contributed by atoms with van der Waals surface area (Å²) in [6, 6.07) is 6.95. The fourth-order valence-electron chi connectivity index (χ4n) is 1.34. The second-order valence-electron chi connectivity index (χ2n) is 4.65. The van der Waals surface area contributed by atoms with Crippen LogP contribution in [0.5, 0.6) is 5.75 Å². The fourth-order valence-corrected chi connectivity index (χ4v) is 1.34. The van der Waals surface area contributed by atoms with Gasteiger partial charge in [0.15, 0.2) is 0 Å². The lowest BCUT2D eigenvalue weighted by Crippen LogP contribution is -2.24. The van der Waals surface area contributed by atoms with Gasteiger partial charge in [0.05, 0.1) is 6.61 Å². The Morgan fingerprint density at radius 3 is 2.37 bits per heavy atom. The summed E-state index contributed by atoms with van der Waals surface area (Å²) in [6.07, 6.45) is -0.366. The summed E-state index contributed by atoms with van der Waals surface area (Å²) in [5, 5.41) is 12.8. The topological polar surface area (TPSA) is 78.5 Å². The first-order valence-corrected chi connectivity index (χ1v) is 6.20. The molecule has 19 heavy (non-hydrogen) atoms. The number of carbonyl (C=O) groups excluding carboxylic acids is 2. The molecule has 0 saturated carbocycles. The number of rotatable bonds is 7. The van der Waals surface area contributed by atoms with Gasteiger partial charge in [0, 0.05) is 18.1 Å². The summed E-state index contributed by atoms with van der Waals surface area (Å²) in [4.78, 5) is 21.6. The number of benzene rings is 1. The Morgan fingerprint density at radius 2 is 1.84 bits per heavy atom. The van der Waals surface area contributed by atoms with Crippen molar-refractivity contribution in [3.8, 4) is 5.75 Å². The predicted molar refractivity (Wildman–Crippen MR) is 69.6 cm³/mol. The molecule has 1 amide bonds. The molecule has 0 atom stereocenters. The molecule has 0 unspecified atom stereocenters. The van der Waals surface area contributed by atoms with Gasteiger partial charge in [-0.05, 0) is 36.6 Å². The molecule has 1 N–H and O–H groups in total. The molecule has 0 heterocycles. The van der Waals surface area contributed by atoms with Crippen molar-refractivity contribution in [2.45, 2.75) is 26.7 Å². The van der Waals surface area contributed by atoms with Crippen LogP contribution in [0.25, 0.3) is 0 Å². The Kier molecular flexibility index (Phi) is 5.85. The van der Waals surface area contributed by atoms with E-state index in [1.165, 1.54) is 0 Å². The van der Waals surface area contributed by atoms with Gasteiger partial charge in [-0.15, -0.1) is 0 Å². The number of amides is 1. The molecule has 1 aromatic rings. The molecular formula is C14H18NO4-. The van der Waals surface area contributed by atoms with Gasteiger partial charge in [0.2, 0.25) is 5.91 Å². The molecule has 0 aliphatic carbocycles. The number of ether oxygens (including phenoxy) is 1. The Bertz CT molecular complexity index is 426. The first-order valence-electron chi connectivity index (χ1n) is 6.20. The van der Waals surface area contributed by atoms with Gasteiger partial charge in [-0.1, -0.05) is 13.8 Å². The van der Waals surface area contributed by atoms with E-state index in [0.29, 0.717) is 18.2 Å². The zero-order chi connectivity index (χ0) is 14.3. The van der Waals surface area contributed by atoms with E-state index in [9.17, 15) is 14.7 Å². The Labute approximate surface area is 112 Å². The largest absolute Gasteiger partial charge is 0.550 e. The summed E-state index contributed by atoms with van der Waals surface area (Å²) < 4.78 is 5.51. The van der Waals surface area contributed by atoms with E-state index in [4.69, 9.17) is 4.74 Å². The van der Waals surface area contributed by atoms with E-state index in [2.05, 4.69) is 19.2 Å². The van der Waals surface area contributed by atoms with Crippen molar-refractivity contribution in [3.63, 3.8) is 0 Å². The van der Waals surface area contributed by atoms with Crippen molar-refractivity contribution in [2.24, 2.45) is 5.92 Å². The highest BCUT2D eigenvalue weighted by atomic mass is 16.5. The monoisotopic (exact) mass is 264 g/mol. The molecule has 1 rings (SSSR count). The van der Waals surface area contributed by atoms with Gasteiger partial charge in [0.25, 0.3) is 0 Å². The van der Waals surface area contributed by atoms with Crippen LogP contribution in [-0.2, 0) is 9.59 Å². The quantitative estimate of drug-likeness (QED) is 0.802. The van der Waals surface area contributed by atoms with Crippen molar-refractivity contribution in [3.05, 3.63) is 24.3 Å². The van der Waals surface area contributed by atoms with Crippen LogP contribution in [0.1, 0.15) is 26.7 Å². The van der Waals surface area contributed by atoms with Gasteiger partial charge >= 0.3 is 0 Å². The summed E-state index contributed by atoms with van der Waals surface area (Å²) in [5.41, 5.74) is 0.611. The van der Waals surface area contributed by atoms with Crippen LogP contribution in [-0.4, -0.2) is 18.5 Å². The average molecular weight is 264 g/mol. The molecule has 0 spiro atoms. The zero-order valence-corrected chi connectivity index (χ0v) is 11.1. The zero-order valence-electron chi connectivity index (χ0n) is 11.1. The maximum absolute atomic E-state index is 11.4. The van der Waals surface area contributed by atoms with Crippen LogP contribution in [0.2, 0.25) is 0 Å². The highest BCUT2D eigenvalue weighted by molar-refractivity contribution is 5.92. The molecule has 5 nitrogen and oxygen atoms in total. The number of carboxylic acid groups (broad SMARTS) is 1. The second-order valence-corrected chi connectivity index (χ2v) is 4.65. The number of carboxylic acids is 1. The second kappa shape index (κ2) is 7.41. The van der Waals surface area contributed by atoms with E-state index in [1.807, 2.05) is 0 Å². The Balaban J connectivity index is 2.43. The van der Waals surface area contributed by atoms with Gasteiger partial charge in [-0.3, -0.25) is 4.79 Å². The number of nitrogens with one attached hydrogen (secondary N) is 1. The van der Waals surface area contributed by atoms with E-state index in [0.717, 1.165) is 5.75 Å². The van der Waals surface area contributed by atoms with Crippen molar-refractivity contribution in [1.82, 2.24) is 0 Å². The smallest absolute Gasteiger partial charge is 0.224 e. The van der Waals surface area contributed by atoms with Crippen LogP contribution >= 0.6 is 0 Å². The van der Waals surface area contributed by atoms with Crippen LogP contribution < -0.4 is 15.2 Å². The van der Waals surface area contributed by atoms with E-state index < -0.39 is 5.97 Å². The van der Waals surface area contributed by atoms with Gasteiger partial charge in [-0.2, -0.15) is 0 Å². The van der Waals surface area contributed by atoms with Crippen LogP contribution in [0.4, 0.5) is 5.69 Å². The summed E-state index contributed by atoms with van der Waals surface area (Å²) >= 11 is 0. The Morgan fingerprint density at radius 1 is 1.21 bits per heavy atom. The summed E-state index contributed by atoms with van der Waals surface area (Å²) in [7, 11) is 0. The van der Waals surface area contributed by atoms with Crippen molar-refractivity contribution >= 4 is 17.6 Å². The SMILES string of the molecule is CC(C)COc1ccc(NC(=O)CCC(=O)[O-])cc1. The molecule has 1 aromatic carbocycles. The van der Waals surface area contributed by atoms with Gasteiger partial charge in [0.1, 0.15) is 5.75 Å². The predicted octanol–water partition coefficient (Wildman–Crippen LogP) is 1.19. The molecule has 0 radical (unpaired) electrons. The molecule has 0 saturated heterocycles. The van der Waals surface area contributed by atoms with E-state index in [-0.39, 0.29) is 18.7 Å². The first kappa shape index (κ1) is 15.0. The van der Waals surface area contributed by atoms with Gasteiger partial charge in [-0.25, -0.2) is 0 Å². The lowest BCUT2D eigenvalue weighted by atomic mass is 10.2. The normalized spacial score (nSPS) is 10.3. The molecule has 104 valence electrons. The Hall–Kier alpha value is -2.04. The van der Waals surface area contributed by atoms with E-state index >= 15 is 0 Å². The molecule has 0 aliphatic rings. The highest BCUT2D eigenvalue weighted by Gasteiger charge is 2.03. The third-order valence-electron chi connectivity index (χ3n) is 2.28. The minimum Gasteiger partial charge on any atom is -0.550 e. The number of anilines is 1. The molecule has 0 bridgehead atoms. The van der Waals surface area contributed by atoms with Crippen molar-refractivity contribution < 1.29 is 19.4 Å². The molecule has 0 aliphatic heterocycles. The molecule has 0 fully saturated rings. The fraction of sp³-hybridized carbons (Fsp3) is 0.429. The van der Waals surface area contributed by atoms with Crippen LogP contribution in [0.3, 0.4) is 0 Å². The summed E-state index contributed by atoms with van der Waals surface area (Å²) in [5.74, 6) is -0.391.